The lowest BCUT2D eigenvalue weighted by atomic mass is 10.1. The van der Waals surface area contributed by atoms with Crippen molar-refractivity contribution in [1.82, 2.24) is 5.32 Å². The molecule has 0 bridgehead atoms. The number of allylic oxidation sites excluding steroid dienone is 1. The van der Waals surface area contributed by atoms with Gasteiger partial charge in [0.1, 0.15) is 11.5 Å². The highest BCUT2D eigenvalue weighted by molar-refractivity contribution is 6.35. The van der Waals surface area contributed by atoms with Gasteiger partial charge in [0.25, 0.3) is 5.91 Å². The quantitative estimate of drug-likeness (QED) is 0.689. The minimum Gasteiger partial charge on any atom is -0.497 e. The highest BCUT2D eigenvalue weighted by atomic mass is 16.5. The second-order valence-electron chi connectivity index (χ2n) is 5.45. The summed E-state index contributed by atoms with van der Waals surface area (Å²) in [6, 6.07) is 14.3. The van der Waals surface area contributed by atoms with Gasteiger partial charge in [0, 0.05) is 0 Å². The zero-order chi connectivity index (χ0) is 17.8. The minimum atomic E-state index is -0.402. The molecule has 5 heteroatoms. The van der Waals surface area contributed by atoms with E-state index >= 15 is 0 Å². The van der Waals surface area contributed by atoms with Crippen molar-refractivity contribution in [3.8, 4) is 11.5 Å². The Balaban J connectivity index is 1.85. The number of ketones is 1. The molecule has 1 aliphatic rings. The highest BCUT2D eigenvalue weighted by Crippen LogP contribution is 2.21. The Labute approximate surface area is 145 Å². The molecule has 2 aromatic carbocycles. The fourth-order valence-electron chi connectivity index (χ4n) is 2.46. The Bertz CT molecular complexity index is 862. The number of benzene rings is 2. The maximum atomic E-state index is 12.5. The third kappa shape index (κ3) is 3.61. The van der Waals surface area contributed by atoms with E-state index < -0.39 is 5.91 Å². The van der Waals surface area contributed by atoms with Crippen molar-refractivity contribution < 1.29 is 19.1 Å². The predicted octanol–water partition coefficient (Wildman–Crippen LogP) is 2.83. The molecule has 5 nitrogen and oxygen atoms in total. The molecule has 2 aromatic rings. The van der Waals surface area contributed by atoms with Crippen LogP contribution in [0.2, 0.25) is 0 Å². The third-order valence-electron chi connectivity index (χ3n) is 3.84. The Hall–Kier alpha value is -3.34. The predicted molar refractivity (Wildman–Crippen MR) is 95.1 cm³/mol. The van der Waals surface area contributed by atoms with Crippen molar-refractivity contribution in [3.63, 3.8) is 0 Å². The van der Waals surface area contributed by atoms with E-state index in [4.69, 9.17) is 9.47 Å². The molecular weight excluding hydrogens is 318 g/mol. The molecule has 0 aliphatic carbocycles. The first-order valence-electron chi connectivity index (χ1n) is 7.68. The van der Waals surface area contributed by atoms with Gasteiger partial charge in [-0.2, -0.15) is 0 Å². The zero-order valence-corrected chi connectivity index (χ0v) is 13.9. The first-order chi connectivity index (χ1) is 12.1. The van der Waals surface area contributed by atoms with Crippen LogP contribution in [0.4, 0.5) is 0 Å². The molecule has 1 N–H and O–H groups in total. The number of methoxy groups -OCH3 is 2. The van der Waals surface area contributed by atoms with Gasteiger partial charge >= 0.3 is 0 Å². The van der Waals surface area contributed by atoms with Gasteiger partial charge in [0.15, 0.2) is 0 Å². The van der Waals surface area contributed by atoms with Crippen LogP contribution >= 0.6 is 0 Å². The van der Waals surface area contributed by atoms with Gasteiger partial charge in [-0.1, -0.05) is 24.3 Å². The van der Waals surface area contributed by atoms with Gasteiger partial charge < -0.3 is 14.8 Å². The van der Waals surface area contributed by atoms with E-state index in [1.165, 1.54) is 0 Å². The largest absolute Gasteiger partial charge is 0.497 e. The standard InChI is InChI=1S/C20H17NO4/c1-24-15-7-3-13(4-8-15)11-17-19(22)18(21-20(17)23)12-14-5-9-16(25-2)10-6-14/h3-12H,1-2H3,(H,21,23)/b17-11-,18-12-. The van der Waals surface area contributed by atoms with Crippen molar-refractivity contribution in [1.29, 1.82) is 0 Å². The van der Waals surface area contributed by atoms with Crippen molar-refractivity contribution in [3.05, 3.63) is 70.9 Å². The second kappa shape index (κ2) is 7.05. The van der Waals surface area contributed by atoms with E-state index in [2.05, 4.69) is 5.32 Å². The van der Waals surface area contributed by atoms with Gasteiger partial charge in [-0.15, -0.1) is 0 Å². The molecule has 0 radical (unpaired) electrons. The molecule has 0 aromatic heterocycles. The number of rotatable bonds is 4. The first-order valence-corrected chi connectivity index (χ1v) is 7.68. The summed E-state index contributed by atoms with van der Waals surface area (Å²) >= 11 is 0. The number of Topliss-reactive ketones (excluding diaryl/α,β-unsaturated/α-hetero) is 1. The van der Waals surface area contributed by atoms with Gasteiger partial charge in [-0.3, -0.25) is 9.59 Å². The summed E-state index contributed by atoms with van der Waals surface area (Å²) in [7, 11) is 3.17. The average Bonchev–Trinajstić information content (AvgIpc) is 2.90. The van der Waals surface area contributed by atoms with Crippen LogP contribution in [-0.2, 0) is 9.59 Å². The molecular formula is C20H17NO4. The molecule has 3 rings (SSSR count). The van der Waals surface area contributed by atoms with Crippen LogP contribution in [0.3, 0.4) is 0 Å². The first kappa shape index (κ1) is 16.5. The molecule has 1 aliphatic heterocycles. The second-order valence-corrected chi connectivity index (χ2v) is 5.45. The smallest absolute Gasteiger partial charge is 0.259 e. The lowest BCUT2D eigenvalue weighted by Gasteiger charge is -2.00. The lowest BCUT2D eigenvalue weighted by Crippen LogP contribution is -2.13. The summed E-state index contributed by atoms with van der Waals surface area (Å²) in [5.74, 6) is 0.714. The molecule has 1 saturated heterocycles. The van der Waals surface area contributed by atoms with Crippen molar-refractivity contribution >= 4 is 23.8 Å². The summed E-state index contributed by atoms with van der Waals surface area (Å²) in [6.07, 6.45) is 3.22. The maximum absolute atomic E-state index is 12.5. The molecule has 0 saturated carbocycles. The maximum Gasteiger partial charge on any atom is 0.259 e. The molecule has 0 spiro atoms. The number of hydrogen-bond donors (Lipinski definition) is 1. The van der Waals surface area contributed by atoms with Crippen molar-refractivity contribution in [2.75, 3.05) is 14.2 Å². The van der Waals surface area contributed by atoms with Crippen molar-refractivity contribution in [2.45, 2.75) is 0 Å². The molecule has 1 fully saturated rings. The van der Waals surface area contributed by atoms with E-state index in [0.717, 1.165) is 16.9 Å². The Kier molecular flexibility index (Phi) is 4.66. The molecule has 126 valence electrons. The monoisotopic (exact) mass is 335 g/mol. The van der Waals surface area contributed by atoms with Crippen LogP contribution in [-0.4, -0.2) is 25.9 Å². The topological polar surface area (TPSA) is 64.6 Å². The third-order valence-corrected chi connectivity index (χ3v) is 3.84. The molecule has 0 unspecified atom stereocenters. The van der Waals surface area contributed by atoms with E-state index in [-0.39, 0.29) is 17.1 Å². The molecule has 1 heterocycles. The van der Waals surface area contributed by atoms with E-state index in [0.29, 0.717) is 5.75 Å². The SMILES string of the molecule is COc1ccc(/C=C2\NC(=O)/C(=C\c3ccc(OC)cc3)C2=O)cc1. The van der Waals surface area contributed by atoms with Gasteiger partial charge in [0.2, 0.25) is 5.78 Å². The number of carbonyl (C=O) groups is 2. The van der Waals surface area contributed by atoms with Crippen LogP contribution in [0, 0.1) is 0 Å². The number of carbonyl (C=O) groups excluding carboxylic acids is 2. The molecule has 0 atom stereocenters. The molecule has 25 heavy (non-hydrogen) atoms. The fourth-order valence-corrected chi connectivity index (χ4v) is 2.46. The summed E-state index contributed by atoms with van der Waals surface area (Å²) in [5, 5.41) is 2.62. The van der Waals surface area contributed by atoms with Gasteiger partial charge in [-0.25, -0.2) is 0 Å². The van der Waals surface area contributed by atoms with E-state index in [9.17, 15) is 9.59 Å². The zero-order valence-electron chi connectivity index (χ0n) is 13.9. The average molecular weight is 335 g/mol. The fraction of sp³-hybridized carbons (Fsp3) is 0.100. The number of nitrogens with one attached hydrogen (secondary N) is 1. The van der Waals surface area contributed by atoms with Crippen LogP contribution < -0.4 is 14.8 Å². The number of ether oxygens (including phenoxy) is 2. The van der Waals surface area contributed by atoms with Crippen LogP contribution in [0.5, 0.6) is 11.5 Å². The van der Waals surface area contributed by atoms with E-state index in [1.807, 2.05) is 12.1 Å². The van der Waals surface area contributed by atoms with Crippen LogP contribution in [0.1, 0.15) is 11.1 Å². The molecule has 1 amide bonds. The summed E-state index contributed by atoms with van der Waals surface area (Å²) in [5.41, 5.74) is 1.93. The van der Waals surface area contributed by atoms with Crippen LogP contribution in [0.25, 0.3) is 12.2 Å². The summed E-state index contributed by atoms with van der Waals surface area (Å²) < 4.78 is 10.2. The Morgan fingerprint density at radius 2 is 1.24 bits per heavy atom. The normalized spacial score (nSPS) is 17.0. The van der Waals surface area contributed by atoms with Gasteiger partial charge in [0.05, 0.1) is 25.5 Å². The number of amides is 1. The van der Waals surface area contributed by atoms with E-state index in [1.54, 1.807) is 62.8 Å². The summed E-state index contributed by atoms with van der Waals surface area (Å²) in [4.78, 5) is 24.6. The lowest BCUT2D eigenvalue weighted by molar-refractivity contribution is -0.117. The minimum absolute atomic E-state index is 0.116. The Morgan fingerprint density at radius 3 is 1.72 bits per heavy atom. The van der Waals surface area contributed by atoms with Crippen LogP contribution in [0.15, 0.2) is 59.8 Å². The highest BCUT2D eigenvalue weighted by Gasteiger charge is 2.30. The van der Waals surface area contributed by atoms with Crippen molar-refractivity contribution in [2.24, 2.45) is 0 Å². The summed E-state index contributed by atoms with van der Waals surface area (Å²) in [6.45, 7) is 0. The Morgan fingerprint density at radius 1 is 0.760 bits per heavy atom. The number of hydrogen-bond acceptors (Lipinski definition) is 4. The van der Waals surface area contributed by atoms with Gasteiger partial charge in [-0.05, 0) is 47.5 Å².